The number of anilines is 2. The summed E-state index contributed by atoms with van der Waals surface area (Å²) in [5.74, 6) is 0.0533. The van der Waals surface area contributed by atoms with Gasteiger partial charge in [0, 0.05) is 12.6 Å². The van der Waals surface area contributed by atoms with E-state index in [4.69, 9.17) is 11.6 Å². The van der Waals surface area contributed by atoms with Gasteiger partial charge in [-0.15, -0.1) is 0 Å². The minimum absolute atomic E-state index is 0.0942. The first kappa shape index (κ1) is 21.0. The van der Waals surface area contributed by atoms with Gasteiger partial charge in [-0.05, 0) is 35.1 Å². The first-order chi connectivity index (χ1) is 12.7. The lowest BCUT2D eigenvalue weighted by Gasteiger charge is -2.24. The molecule has 0 aliphatic heterocycles. The Morgan fingerprint density at radius 3 is 2.00 bits per heavy atom. The molecule has 0 aliphatic carbocycles. The Labute approximate surface area is 166 Å². The predicted molar refractivity (Wildman–Crippen MR) is 113 cm³/mol. The van der Waals surface area contributed by atoms with Crippen LogP contribution in [0.5, 0.6) is 0 Å². The van der Waals surface area contributed by atoms with Crippen molar-refractivity contribution >= 4 is 34.8 Å². The lowest BCUT2D eigenvalue weighted by molar-refractivity contribution is -0.120. The summed E-state index contributed by atoms with van der Waals surface area (Å²) in [6, 6.07) is 13.1. The van der Waals surface area contributed by atoms with Gasteiger partial charge >= 0.3 is 0 Å². The molecule has 0 atom stereocenters. The number of para-hydroxylation sites is 2. The van der Waals surface area contributed by atoms with Crippen molar-refractivity contribution in [2.45, 2.75) is 46.5 Å². The number of carbonyl (C=O) groups excluding carboxylic acids is 2. The Balaban J connectivity index is 2.32. The van der Waals surface area contributed by atoms with Gasteiger partial charge in [0.25, 0.3) is 0 Å². The predicted octanol–water partition coefficient (Wildman–Crippen LogP) is 5.58. The van der Waals surface area contributed by atoms with Gasteiger partial charge in [-0.1, -0.05) is 69.6 Å². The van der Waals surface area contributed by atoms with Gasteiger partial charge in [0.05, 0.1) is 10.7 Å². The maximum absolute atomic E-state index is 12.8. The van der Waals surface area contributed by atoms with Crippen molar-refractivity contribution in [2.24, 2.45) is 0 Å². The fourth-order valence-electron chi connectivity index (χ4n) is 3.05. The summed E-state index contributed by atoms with van der Waals surface area (Å²) in [5.41, 5.74) is 3.54. The van der Waals surface area contributed by atoms with Crippen LogP contribution in [0.15, 0.2) is 42.5 Å². The number of nitrogens with one attached hydrogen (secondary N) is 1. The van der Waals surface area contributed by atoms with Gasteiger partial charge in [-0.3, -0.25) is 9.59 Å². The van der Waals surface area contributed by atoms with Crippen molar-refractivity contribution in [3.63, 3.8) is 0 Å². The number of hydrogen-bond acceptors (Lipinski definition) is 2. The fourth-order valence-corrected chi connectivity index (χ4v) is 3.29. The van der Waals surface area contributed by atoms with Crippen LogP contribution >= 0.6 is 11.6 Å². The molecule has 5 heteroatoms. The third-order valence-corrected chi connectivity index (χ3v) is 4.78. The summed E-state index contributed by atoms with van der Waals surface area (Å²) < 4.78 is 0. The summed E-state index contributed by atoms with van der Waals surface area (Å²) in [7, 11) is 0. The summed E-state index contributed by atoms with van der Waals surface area (Å²) in [4.78, 5) is 26.3. The van der Waals surface area contributed by atoms with Gasteiger partial charge in [0.1, 0.15) is 6.54 Å². The molecule has 0 heterocycles. The Hall–Kier alpha value is -2.33. The first-order valence-electron chi connectivity index (χ1n) is 9.17. The van der Waals surface area contributed by atoms with Crippen LogP contribution in [0.2, 0.25) is 5.02 Å². The van der Waals surface area contributed by atoms with Crippen LogP contribution in [0.4, 0.5) is 11.4 Å². The maximum atomic E-state index is 12.8. The second-order valence-corrected chi connectivity index (χ2v) is 7.63. The molecular weight excluding hydrogens is 360 g/mol. The van der Waals surface area contributed by atoms with Crippen molar-refractivity contribution < 1.29 is 9.59 Å². The Morgan fingerprint density at radius 1 is 0.963 bits per heavy atom. The molecule has 0 radical (unpaired) electrons. The highest BCUT2D eigenvalue weighted by Gasteiger charge is 2.21. The van der Waals surface area contributed by atoms with E-state index in [-0.39, 0.29) is 30.2 Å². The average molecular weight is 387 g/mol. The van der Waals surface area contributed by atoms with Crippen molar-refractivity contribution in [3.8, 4) is 0 Å². The largest absolute Gasteiger partial charge is 0.324 e. The second kappa shape index (κ2) is 9.05. The van der Waals surface area contributed by atoms with E-state index in [0.29, 0.717) is 10.7 Å². The minimum Gasteiger partial charge on any atom is -0.324 e. The van der Waals surface area contributed by atoms with Crippen molar-refractivity contribution in [2.75, 3.05) is 16.8 Å². The normalized spacial score (nSPS) is 11.0. The Bertz CT molecular complexity index is 805. The molecule has 144 valence electrons. The van der Waals surface area contributed by atoms with E-state index in [1.54, 1.807) is 24.3 Å². The van der Waals surface area contributed by atoms with Crippen LogP contribution in [0, 0.1) is 0 Å². The molecule has 1 N–H and O–H groups in total. The average Bonchev–Trinajstić information content (AvgIpc) is 2.60. The highest BCUT2D eigenvalue weighted by Crippen LogP contribution is 2.32. The molecule has 2 aromatic rings. The molecule has 0 unspecified atom stereocenters. The molecule has 0 aromatic heterocycles. The summed E-state index contributed by atoms with van der Waals surface area (Å²) in [6.07, 6.45) is 0. The van der Waals surface area contributed by atoms with E-state index in [1.807, 2.05) is 18.2 Å². The molecule has 0 spiro atoms. The number of benzene rings is 2. The number of rotatable bonds is 6. The third-order valence-electron chi connectivity index (χ3n) is 4.46. The molecular formula is C22H27ClN2O2. The van der Waals surface area contributed by atoms with Gasteiger partial charge in [-0.2, -0.15) is 0 Å². The van der Waals surface area contributed by atoms with Crippen LogP contribution in [0.25, 0.3) is 0 Å². The molecule has 2 aromatic carbocycles. The molecule has 2 amide bonds. The highest BCUT2D eigenvalue weighted by atomic mass is 35.5. The standard InChI is InChI=1S/C22H27ClN2O2/c1-14(2)17-9-8-10-18(15(3)4)22(17)24-21(27)13-25(16(5)26)20-12-7-6-11-19(20)23/h6-12,14-15H,13H2,1-5H3,(H,24,27). The summed E-state index contributed by atoms with van der Waals surface area (Å²) in [6.45, 7) is 9.73. The topological polar surface area (TPSA) is 49.4 Å². The lowest BCUT2D eigenvalue weighted by atomic mass is 9.92. The molecule has 2 rings (SSSR count). The van der Waals surface area contributed by atoms with Crippen molar-refractivity contribution in [3.05, 3.63) is 58.6 Å². The zero-order chi connectivity index (χ0) is 20.1. The van der Waals surface area contributed by atoms with Crippen LogP contribution in [0.3, 0.4) is 0 Å². The zero-order valence-corrected chi connectivity index (χ0v) is 17.3. The van der Waals surface area contributed by atoms with Gasteiger partial charge < -0.3 is 10.2 Å². The maximum Gasteiger partial charge on any atom is 0.244 e. The number of halogens is 1. The van der Waals surface area contributed by atoms with E-state index < -0.39 is 0 Å². The van der Waals surface area contributed by atoms with Crippen molar-refractivity contribution in [1.29, 1.82) is 0 Å². The quantitative estimate of drug-likeness (QED) is 0.704. The summed E-state index contributed by atoms with van der Waals surface area (Å²) in [5, 5.41) is 3.48. The lowest BCUT2D eigenvalue weighted by Crippen LogP contribution is -2.37. The number of nitrogens with zero attached hydrogens (tertiary/aromatic N) is 1. The highest BCUT2D eigenvalue weighted by molar-refractivity contribution is 6.33. The van der Waals surface area contributed by atoms with E-state index in [1.165, 1.54) is 11.8 Å². The molecule has 27 heavy (non-hydrogen) atoms. The number of amides is 2. The van der Waals surface area contributed by atoms with E-state index in [0.717, 1.165) is 16.8 Å². The number of carbonyl (C=O) groups is 2. The van der Waals surface area contributed by atoms with Gasteiger partial charge in [0.15, 0.2) is 0 Å². The molecule has 0 saturated heterocycles. The molecule has 0 saturated carbocycles. The van der Waals surface area contributed by atoms with E-state index in [9.17, 15) is 9.59 Å². The second-order valence-electron chi connectivity index (χ2n) is 7.23. The van der Waals surface area contributed by atoms with Gasteiger partial charge in [0.2, 0.25) is 11.8 Å². The van der Waals surface area contributed by atoms with Gasteiger partial charge in [-0.25, -0.2) is 0 Å². The Kier molecular flexibility index (Phi) is 7.03. The first-order valence-corrected chi connectivity index (χ1v) is 9.55. The monoisotopic (exact) mass is 386 g/mol. The van der Waals surface area contributed by atoms with Crippen LogP contribution in [0.1, 0.15) is 57.6 Å². The van der Waals surface area contributed by atoms with Crippen LogP contribution < -0.4 is 10.2 Å². The minimum atomic E-state index is -0.250. The smallest absolute Gasteiger partial charge is 0.244 e. The molecule has 4 nitrogen and oxygen atoms in total. The van der Waals surface area contributed by atoms with Crippen LogP contribution in [-0.2, 0) is 9.59 Å². The van der Waals surface area contributed by atoms with Crippen molar-refractivity contribution in [1.82, 2.24) is 0 Å². The molecule has 0 aliphatic rings. The summed E-state index contributed by atoms with van der Waals surface area (Å²) >= 11 is 6.21. The fraction of sp³-hybridized carbons (Fsp3) is 0.364. The third kappa shape index (κ3) is 5.10. The van der Waals surface area contributed by atoms with E-state index >= 15 is 0 Å². The SMILES string of the molecule is CC(=O)N(CC(=O)Nc1c(C(C)C)cccc1C(C)C)c1ccccc1Cl. The molecule has 0 fully saturated rings. The van der Waals surface area contributed by atoms with Crippen LogP contribution in [-0.4, -0.2) is 18.4 Å². The Morgan fingerprint density at radius 2 is 1.52 bits per heavy atom. The zero-order valence-electron chi connectivity index (χ0n) is 16.5. The number of hydrogen-bond donors (Lipinski definition) is 1. The van der Waals surface area contributed by atoms with E-state index in [2.05, 4.69) is 33.0 Å². The molecule has 0 bridgehead atoms.